The van der Waals surface area contributed by atoms with Crippen LogP contribution in [0.3, 0.4) is 0 Å². The van der Waals surface area contributed by atoms with Crippen LogP contribution in [0.15, 0.2) is 47.4 Å². The number of thioether (sulfide) groups is 1. The van der Waals surface area contributed by atoms with Crippen LogP contribution >= 0.6 is 11.8 Å². The van der Waals surface area contributed by atoms with Crippen LogP contribution in [0.25, 0.3) is 0 Å². The number of nitrogens with one attached hydrogen (secondary N) is 1. The summed E-state index contributed by atoms with van der Waals surface area (Å²) in [7, 11) is -2.48. The quantitative estimate of drug-likeness (QED) is 0.686. The summed E-state index contributed by atoms with van der Waals surface area (Å²) in [5.41, 5.74) is 0.728. The van der Waals surface area contributed by atoms with Crippen molar-refractivity contribution in [3.05, 3.63) is 53.6 Å². The first-order valence-corrected chi connectivity index (χ1v) is 12.8. The summed E-state index contributed by atoms with van der Waals surface area (Å²) >= 11 is 1.43. The molecule has 2 aliphatic heterocycles. The van der Waals surface area contributed by atoms with Crippen LogP contribution in [0.1, 0.15) is 34.6 Å². The summed E-state index contributed by atoms with van der Waals surface area (Å²) in [6.07, 6.45) is 0. The highest BCUT2D eigenvalue weighted by Gasteiger charge is 2.43. The Morgan fingerprint density at radius 1 is 1.15 bits per heavy atom. The van der Waals surface area contributed by atoms with Crippen molar-refractivity contribution in [2.24, 2.45) is 0 Å². The molecule has 0 saturated carbocycles. The molecule has 0 aliphatic carbocycles. The van der Waals surface area contributed by atoms with Gasteiger partial charge in [0, 0.05) is 23.0 Å². The number of benzene rings is 2. The minimum Gasteiger partial charge on any atom is -0.497 e. The molecule has 0 bridgehead atoms. The molecule has 2 aliphatic rings. The van der Waals surface area contributed by atoms with E-state index >= 15 is 0 Å². The Bertz CT molecular complexity index is 1230. The van der Waals surface area contributed by atoms with E-state index < -0.39 is 33.9 Å². The number of fused-ring (bicyclic) bond motifs is 1. The fourth-order valence-electron chi connectivity index (χ4n) is 3.82. The van der Waals surface area contributed by atoms with Gasteiger partial charge in [0.25, 0.3) is 21.8 Å². The number of carbonyl (C=O) groups excluding carboxylic acids is 3. The summed E-state index contributed by atoms with van der Waals surface area (Å²) in [5.74, 6) is -0.0525. The van der Waals surface area contributed by atoms with E-state index in [9.17, 15) is 22.8 Å². The SMILES string of the molecule is COc1ccc(NC(=O)C2CSCN2C(=O)c2ccc3c(c2)S(=O)(=O)N(C(C)C)C3=O)cc1. The van der Waals surface area contributed by atoms with Crippen LogP contribution in [0.5, 0.6) is 5.75 Å². The molecular formula is C22H23N3O6S2. The van der Waals surface area contributed by atoms with Crippen molar-refractivity contribution in [1.29, 1.82) is 0 Å². The maximum absolute atomic E-state index is 13.2. The molecular weight excluding hydrogens is 466 g/mol. The van der Waals surface area contributed by atoms with Gasteiger partial charge in [-0.05, 0) is 56.3 Å². The molecule has 1 fully saturated rings. The first-order valence-electron chi connectivity index (χ1n) is 10.2. The number of hydrogen-bond donors (Lipinski definition) is 1. The number of sulfonamides is 1. The van der Waals surface area contributed by atoms with E-state index in [1.54, 1.807) is 45.2 Å². The third kappa shape index (κ3) is 4.06. The lowest BCUT2D eigenvalue weighted by atomic mass is 10.1. The standard InChI is InChI=1S/C22H23N3O6S2/c1-13(2)25-22(28)17-9-4-14(10-19(17)33(25,29)30)21(27)24-12-32-11-18(24)20(26)23-15-5-7-16(31-3)8-6-15/h4-10,13,18H,11-12H2,1-3H3,(H,23,26). The average molecular weight is 490 g/mol. The lowest BCUT2D eigenvalue weighted by Crippen LogP contribution is -2.44. The molecule has 1 N–H and O–H groups in total. The van der Waals surface area contributed by atoms with Gasteiger partial charge in [0.05, 0.1) is 18.6 Å². The van der Waals surface area contributed by atoms with Crippen molar-refractivity contribution in [3.63, 3.8) is 0 Å². The van der Waals surface area contributed by atoms with Crippen molar-refractivity contribution >= 4 is 45.2 Å². The number of ether oxygens (including phenoxy) is 1. The molecule has 1 unspecified atom stereocenters. The molecule has 11 heteroatoms. The van der Waals surface area contributed by atoms with Gasteiger partial charge in [-0.1, -0.05) is 0 Å². The predicted molar refractivity (Wildman–Crippen MR) is 124 cm³/mol. The zero-order chi connectivity index (χ0) is 23.9. The monoisotopic (exact) mass is 489 g/mol. The minimum atomic E-state index is -4.03. The zero-order valence-electron chi connectivity index (χ0n) is 18.3. The van der Waals surface area contributed by atoms with Gasteiger partial charge in [-0.3, -0.25) is 14.4 Å². The fourth-order valence-corrected chi connectivity index (χ4v) is 6.76. The Kier molecular flexibility index (Phi) is 6.10. The number of amides is 3. The van der Waals surface area contributed by atoms with Gasteiger partial charge in [0.2, 0.25) is 5.91 Å². The van der Waals surface area contributed by atoms with Gasteiger partial charge in [0.15, 0.2) is 0 Å². The molecule has 0 radical (unpaired) electrons. The molecule has 2 aromatic carbocycles. The number of nitrogens with zero attached hydrogens (tertiary/aromatic N) is 2. The lowest BCUT2D eigenvalue weighted by molar-refractivity contribution is -0.119. The molecule has 174 valence electrons. The van der Waals surface area contributed by atoms with Crippen molar-refractivity contribution < 1.29 is 27.5 Å². The van der Waals surface area contributed by atoms with E-state index in [0.29, 0.717) is 23.1 Å². The van der Waals surface area contributed by atoms with Crippen LogP contribution in [0.4, 0.5) is 5.69 Å². The molecule has 2 heterocycles. The molecule has 3 amide bonds. The molecule has 2 aromatic rings. The first kappa shape index (κ1) is 23.1. The summed E-state index contributed by atoms with van der Waals surface area (Å²) in [4.78, 5) is 39.9. The van der Waals surface area contributed by atoms with Gasteiger partial charge in [-0.25, -0.2) is 12.7 Å². The lowest BCUT2D eigenvalue weighted by Gasteiger charge is -2.23. The summed E-state index contributed by atoms with van der Waals surface area (Å²) in [6, 6.07) is 9.60. The Balaban J connectivity index is 1.56. The summed E-state index contributed by atoms with van der Waals surface area (Å²) < 4.78 is 31.6. The molecule has 9 nitrogen and oxygen atoms in total. The van der Waals surface area contributed by atoms with Crippen LogP contribution in [0.2, 0.25) is 0 Å². The maximum Gasteiger partial charge on any atom is 0.269 e. The molecule has 33 heavy (non-hydrogen) atoms. The molecule has 0 aromatic heterocycles. The van der Waals surface area contributed by atoms with Crippen LogP contribution in [0, 0.1) is 0 Å². The number of hydrogen-bond acceptors (Lipinski definition) is 7. The Morgan fingerprint density at radius 2 is 1.85 bits per heavy atom. The van der Waals surface area contributed by atoms with Crippen molar-refractivity contribution in [3.8, 4) is 5.75 Å². The first-order chi connectivity index (χ1) is 15.6. The van der Waals surface area contributed by atoms with Gasteiger partial charge in [-0.15, -0.1) is 11.8 Å². The van der Waals surface area contributed by atoms with E-state index in [-0.39, 0.29) is 21.9 Å². The summed E-state index contributed by atoms with van der Waals surface area (Å²) in [6.45, 7) is 3.22. The van der Waals surface area contributed by atoms with Gasteiger partial charge in [0.1, 0.15) is 16.7 Å². The normalized spacial score (nSPS) is 19.0. The smallest absolute Gasteiger partial charge is 0.269 e. The number of carbonyl (C=O) groups is 3. The second kappa shape index (κ2) is 8.71. The highest BCUT2D eigenvalue weighted by atomic mass is 32.2. The third-order valence-corrected chi connectivity index (χ3v) is 8.48. The van der Waals surface area contributed by atoms with Crippen LogP contribution in [-0.2, 0) is 14.8 Å². The topological polar surface area (TPSA) is 113 Å². The number of methoxy groups -OCH3 is 1. The van der Waals surface area contributed by atoms with Gasteiger partial charge < -0.3 is 15.0 Å². The number of anilines is 1. The minimum absolute atomic E-state index is 0.0462. The maximum atomic E-state index is 13.2. The zero-order valence-corrected chi connectivity index (χ0v) is 19.9. The highest BCUT2D eigenvalue weighted by molar-refractivity contribution is 7.99. The highest BCUT2D eigenvalue weighted by Crippen LogP contribution is 2.33. The second-order valence-electron chi connectivity index (χ2n) is 7.92. The predicted octanol–water partition coefficient (Wildman–Crippen LogP) is 2.40. The van der Waals surface area contributed by atoms with Crippen LogP contribution < -0.4 is 10.1 Å². The molecule has 1 saturated heterocycles. The molecule has 1 atom stereocenters. The van der Waals surface area contributed by atoms with E-state index in [1.807, 2.05) is 0 Å². The van der Waals surface area contributed by atoms with Crippen LogP contribution in [-0.4, -0.2) is 66.2 Å². The fraction of sp³-hybridized carbons (Fsp3) is 0.318. The Hall–Kier alpha value is -3.05. The number of rotatable bonds is 5. The van der Waals surface area contributed by atoms with Crippen molar-refractivity contribution in [2.45, 2.75) is 30.8 Å². The Morgan fingerprint density at radius 3 is 2.48 bits per heavy atom. The van der Waals surface area contributed by atoms with Gasteiger partial charge >= 0.3 is 0 Å². The van der Waals surface area contributed by atoms with E-state index in [0.717, 1.165) is 4.31 Å². The van der Waals surface area contributed by atoms with Crippen molar-refractivity contribution in [1.82, 2.24) is 9.21 Å². The molecule has 4 rings (SSSR count). The largest absolute Gasteiger partial charge is 0.497 e. The Labute approximate surface area is 196 Å². The average Bonchev–Trinajstić information content (AvgIpc) is 3.35. The van der Waals surface area contributed by atoms with E-state index in [2.05, 4.69) is 5.32 Å². The van der Waals surface area contributed by atoms with E-state index in [4.69, 9.17) is 4.74 Å². The third-order valence-electron chi connectivity index (χ3n) is 5.47. The summed E-state index contributed by atoms with van der Waals surface area (Å²) in [5, 5.41) is 2.80. The van der Waals surface area contributed by atoms with E-state index in [1.165, 1.54) is 34.9 Å². The van der Waals surface area contributed by atoms with Gasteiger partial charge in [-0.2, -0.15) is 0 Å². The second-order valence-corrected chi connectivity index (χ2v) is 10.7. The van der Waals surface area contributed by atoms with Crippen molar-refractivity contribution in [2.75, 3.05) is 24.1 Å². The molecule has 0 spiro atoms.